The maximum absolute atomic E-state index is 13.0. The Bertz CT molecular complexity index is 1250. The average molecular weight is 363 g/mol. The molecule has 4 heteroatoms. The quantitative estimate of drug-likeness (QED) is 0.560. The van der Waals surface area contributed by atoms with Crippen molar-refractivity contribution in [2.45, 2.75) is 6.92 Å². The van der Waals surface area contributed by atoms with Gasteiger partial charge in [-0.3, -0.25) is 9.78 Å². The zero-order chi connectivity index (χ0) is 19.5. The summed E-state index contributed by atoms with van der Waals surface area (Å²) >= 11 is 0. The Balaban J connectivity index is 2.15. The van der Waals surface area contributed by atoms with Crippen LogP contribution in [0.5, 0.6) is 0 Å². The summed E-state index contributed by atoms with van der Waals surface area (Å²) in [5.74, 6) is 0. The minimum atomic E-state index is -0.237. The predicted molar refractivity (Wildman–Crippen MR) is 111 cm³/mol. The Kier molecular flexibility index (Phi) is 4.57. The molecule has 0 aliphatic heterocycles. The van der Waals surface area contributed by atoms with E-state index in [1.807, 2.05) is 61.5 Å². The molecule has 28 heavy (non-hydrogen) atoms. The molecule has 4 aromatic rings. The number of pyridine rings is 2. The summed E-state index contributed by atoms with van der Waals surface area (Å²) < 4.78 is 0. The highest BCUT2D eigenvalue weighted by Crippen LogP contribution is 2.38. The number of hydrogen-bond acceptors (Lipinski definition) is 3. The number of benzene rings is 2. The summed E-state index contributed by atoms with van der Waals surface area (Å²) in [6, 6.07) is 23.0. The second kappa shape index (κ2) is 7.34. The average Bonchev–Trinajstić information content (AvgIpc) is 2.74. The van der Waals surface area contributed by atoms with Crippen LogP contribution in [0.4, 0.5) is 0 Å². The monoisotopic (exact) mass is 363 g/mol. The zero-order valence-electron chi connectivity index (χ0n) is 15.3. The maximum Gasteiger partial charge on any atom is 0.256 e. The van der Waals surface area contributed by atoms with Crippen LogP contribution >= 0.6 is 0 Å². The highest BCUT2D eigenvalue weighted by atomic mass is 16.1. The molecular weight excluding hydrogens is 346 g/mol. The number of hydrogen-bond donors (Lipinski definition) is 1. The highest BCUT2D eigenvalue weighted by Gasteiger charge is 2.20. The number of aromatic nitrogens is 2. The van der Waals surface area contributed by atoms with Gasteiger partial charge in [-0.1, -0.05) is 54.1 Å². The van der Waals surface area contributed by atoms with E-state index < -0.39 is 0 Å². The molecule has 2 aromatic carbocycles. The van der Waals surface area contributed by atoms with Gasteiger partial charge in [-0.25, -0.2) is 0 Å². The highest BCUT2D eigenvalue weighted by molar-refractivity contribution is 5.94. The van der Waals surface area contributed by atoms with Gasteiger partial charge in [0.2, 0.25) is 0 Å². The molecule has 0 unspecified atom stereocenters. The summed E-state index contributed by atoms with van der Waals surface area (Å²) in [5, 5.41) is 9.59. The van der Waals surface area contributed by atoms with Gasteiger partial charge in [-0.15, -0.1) is 0 Å². The van der Waals surface area contributed by atoms with Crippen molar-refractivity contribution in [3.63, 3.8) is 0 Å². The summed E-state index contributed by atoms with van der Waals surface area (Å²) in [6.45, 7) is 2.01. The van der Waals surface area contributed by atoms with Crippen LogP contribution in [0.3, 0.4) is 0 Å². The first-order valence-electron chi connectivity index (χ1n) is 8.92. The van der Waals surface area contributed by atoms with Gasteiger partial charge in [0.1, 0.15) is 0 Å². The van der Waals surface area contributed by atoms with E-state index in [4.69, 9.17) is 0 Å². The lowest BCUT2D eigenvalue weighted by Crippen LogP contribution is -2.12. The topological polar surface area (TPSA) is 69.5 Å². The minimum Gasteiger partial charge on any atom is -0.328 e. The summed E-state index contributed by atoms with van der Waals surface area (Å²) in [7, 11) is 0. The Hall–Kier alpha value is -3.97. The molecule has 0 saturated heterocycles. The number of H-pyrrole nitrogens is 1. The van der Waals surface area contributed by atoms with Crippen molar-refractivity contribution in [3.8, 4) is 39.6 Å². The lowest BCUT2D eigenvalue weighted by atomic mass is 9.89. The fourth-order valence-electron chi connectivity index (χ4n) is 3.41. The van der Waals surface area contributed by atoms with Crippen LogP contribution in [0.25, 0.3) is 33.5 Å². The maximum atomic E-state index is 13.0. The van der Waals surface area contributed by atoms with Gasteiger partial charge in [-0.05, 0) is 30.7 Å². The van der Waals surface area contributed by atoms with E-state index in [0.717, 1.165) is 27.9 Å². The molecule has 0 aliphatic rings. The molecule has 2 aromatic heterocycles. The Labute approximate surface area is 162 Å². The molecule has 0 spiro atoms. The molecule has 0 amide bonds. The second-order valence-corrected chi connectivity index (χ2v) is 6.52. The van der Waals surface area contributed by atoms with Gasteiger partial charge in [0, 0.05) is 29.1 Å². The molecule has 134 valence electrons. The minimum absolute atomic E-state index is 0.237. The molecule has 0 aliphatic carbocycles. The molecule has 0 radical (unpaired) electrons. The molecule has 0 atom stereocenters. The van der Waals surface area contributed by atoms with Crippen molar-refractivity contribution < 1.29 is 0 Å². The molecule has 1 N–H and O–H groups in total. The molecule has 0 saturated carbocycles. The van der Waals surface area contributed by atoms with Crippen LogP contribution in [-0.2, 0) is 0 Å². The van der Waals surface area contributed by atoms with Crippen molar-refractivity contribution in [1.82, 2.24) is 9.97 Å². The molecule has 4 nitrogen and oxygen atoms in total. The van der Waals surface area contributed by atoms with Gasteiger partial charge in [0.15, 0.2) is 0 Å². The zero-order valence-corrected chi connectivity index (χ0v) is 15.3. The Morgan fingerprint density at radius 2 is 1.75 bits per heavy atom. The lowest BCUT2D eigenvalue weighted by Gasteiger charge is -2.16. The fourth-order valence-corrected chi connectivity index (χ4v) is 3.41. The normalized spacial score (nSPS) is 10.4. The van der Waals surface area contributed by atoms with Gasteiger partial charge in [0.25, 0.3) is 5.56 Å². The summed E-state index contributed by atoms with van der Waals surface area (Å²) in [5.41, 5.74) is 5.65. The molecule has 2 heterocycles. The SMILES string of the molecule is Cc1cccc(-c2c(-c3ccccn3)c[nH]c(=O)c2-c2ccccc2C#N)c1. The number of aryl methyl sites for hydroxylation is 1. The smallest absolute Gasteiger partial charge is 0.256 e. The van der Waals surface area contributed by atoms with Gasteiger partial charge in [-0.2, -0.15) is 5.26 Å². The first-order chi connectivity index (χ1) is 13.7. The number of aromatic amines is 1. The predicted octanol–water partition coefficient (Wildman–Crippen LogP) is 4.95. The third-order valence-corrected chi connectivity index (χ3v) is 4.66. The van der Waals surface area contributed by atoms with Crippen LogP contribution in [0.1, 0.15) is 11.1 Å². The van der Waals surface area contributed by atoms with E-state index in [1.54, 1.807) is 24.5 Å². The van der Waals surface area contributed by atoms with Gasteiger partial charge < -0.3 is 4.98 Å². The first-order valence-corrected chi connectivity index (χ1v) is 8.92. The standard InChI is InChI=1S/C24H17N3O/c1-16-7-6-9-17(13-16)22-20(21-11-4-5-12-26-21)15-27-24(28)23(22)19-10-3-2-8-18(19)14-25/h2-13,15H,1H3,(H,27,28). The Morgan fingerprint density at radius 3 is 2.50 bits per heavy atom. The second-order valence-electron chi connectivity index (χ2n) is 6.52. The van der Waals surface area contributed by atoms with Crippen LogP contribution in [0.2, 0.25) is 0 Å². The van der Waals surface area contributed by atoms with Crippen LogP contribution < -0.4 is 5.56 Å². The van der Waals surface area contributed by atoms with E-state index >= 15 is 0 Å². The fraction of sp³-hybridized carbons (Fsp3) is 0.0417. The molecular formula is C24H17N3O. The number of rotatable bonds is 3. The van der Waals surface area contributed by atoms with E-state index in [1.165, 1.54) is 0 Å². The third-order valence-electron chi connectivity index (χ3n) is 4.66. The third kappa shape index (κ3) is 3.10. The van der Waals surface area contributed by atoms with Gasteiger partial charge >= 0.3 is 0 Å². The van der Waals surface area contributed by atoms with Gasteiger partial charge in [0.05, 0.1) is 22.9 Å². The number of nitrogens with zero attached hydrogens (tertiary/aromatic N) is 2. The van der Waals surface area contributed by atoms with E-state index in [9.17, 15) is 10.1 Å². The molecule has 0 bridgehead atoms. The summed E-state index contributed by atoms with van der Waals surface area (Å²) in [4.78, 5) is 20.3. The Morgan fingerprint density at radius 1 is 0.929 bits per heavy atom. The van der Waals surface area contributed by atoms with Crippen LogP contribution in [-0.4, -0.2) is 9.97 Å². The van der Waals surface area contributed by atoms with Crippen molar-refractivity contribution in [2.75, 3.05) is 0 Å². The largest absolute Gasteiger partial charge is 0.328 e. The molecule has 0 fully saturated rings. The van der Waals surface area contributed by atoms with Crippen LogP contribution in [0.15, 0.2) is 83.9 Å². The first kappa shape index (κ1) is 17.4. The molecule has 4 rings (SSSR count). The van der Waals surface area contributed by atoms with E-state index in [-0.39, 0.29) is 5.56 Å². The van der Waals surface area contributed by atoms with Crippen molar-refractivity contribution in [1.29, 1.82) is 5.26 Å². The van der Waals surface area contributed by atoms with E-state index in [0.29, 0.717) is 16.7 Å². The number of nitriles is 1. The summed E-state index contributed by atoms with van der Waals surface area (Å²) in [6.07, 6.45) is 3.42. The van der Waals surface area contributed by atoms with Crippen molar-refractivity contribution in [3.05, 3.63) is 101 Å². The van der Waals surface area contributed by atoms with Crippen LogP contribution in [0, 0.1) is 18.3 Å². The lowest BCUT2D eigenvalue weighted by molar-refractivity contribution is 1.22. The number of nitrogens with one attached hydrogen (secondary N) is 1. The van der Waals surface area contributed by atoms with Crippen molar-refractivity contribution in [2.24, 2.45) is 0 Å². The van der Waals surface area contributed by atoms with Crippen molar-refractivity contribution >= 4 is 0 Å². The van der Waals surface area contributed by atoms with E-state index in [2.05, 4.69) is 16.0 Å².